The molecule has 0 unspecified atom stereocenters. The summed E-state index contributed by atoms with van der Waals surface area (Å²) in [6, 6.07) is 6.04. The molecule has 2 heterocycles. The predicted octanol–water partition coefficient (Wildman–Crippen LogP) is 2.92. The number of rotatable bonds is 4. The van der Waals surface area contributed by atoms with Crippen LogP contribution in [-0.4, -0.2) is 40.2 Å². The number of carbonyl (C=O) groups excluding carboxylic acids is 1. The van der Waals surface area contributed by atoms with Crippen molar-refractivity contribution in [2.45, 2.75) is 52.7 Å². The molecular weight excluding hydrogens is 318 g/mol. The van der Waals surface area contributed by atoms with Crippen LogP contribution in [0.5, 0.6) is 0 Å². The highest BCUT2D eigenvalue weighted by molar-refractivity contribution is 5.77. The van der Waals surface area contributed by atoms with Crippen molar-refractivity contribution in [2.75, 3.05) is 13.2 Å². The van der Waals surface area contributed by atoms with Gasteiger partial charge in [-0.2, -0.15) is 4.98 Å². The first-order valence-corrected chi connectivity index (χ1v) is 8.73. The van der Waals surface area contributed by atoms with Crippen LogP contribution in [0.1, 0.15) is 47.8 Å². The molecule has 6 nitrogen and oxygen atoms in total. The maximum Gasteiger partial charge on any atom is 0.252 e. The van der Waals surface area contributed by atoms with E-state index in [1.54, 1.807) is 6.92 Å². The van der Waals surface area contributed by atoms with Crippen LogP contribution in [0.4, 0.5) is 0 Å². The van der Waals surface area contributed by atoms with Gasteiger partial charge in [0.2, 0.25) is 5.91 Å². The normalized spacial score (nSPS) is 20.7. The number of benzene rings is 1. The van der Waals surface area contributed by atoms with Crippen molar-refractivity contribution < 1.29 is 14.1 Å². The van der Waals surface area contributed by atoms with Gasteiger partial charge in [0, 0.05) is 13.0 Å². The SMILES string of the molecule is Cc1ccc(CCC(=O)N2CCO[C@H](C)[C@H]2c2nc(C)no2)c(C)c1. The van der Waals surface area contributed by atoms with E-state index >= 15 is 0 Å². The third-order valence-corrected chi connectivity index (χ3v) is 4.72. The molecule has 134 valence electrons. The number of aromatic nitrogens is 2. The van der Waals surface area contributed by atoms with Crippen molar-refractivity contribution in [3.63, 3.8) is 0 Å². The first kappa shape index (κ1) is 17.6. The number of carbonyl (C=O) groups is 1. The van der Waals surface area contributed by atoms with Gasteiger partial charge in [-0.1, -0.05) is 28.9 Å². The second kappa shape index (κ2) is 7.35. The van der Waals surface area contributed by atoms with Crippen molar-refractivity contribution in [3.8, 4) is 0 Å². The van der Waals surface area contributed by atoms with Gasteiger partial charge in [-0.05, 0) is 45.2 Å². The maximum atomic E-state index is 12.9. The summed E-state index contributed by atoms with van der Waals surface area (Å²) in [5, 5.41) is 3.85. The molecule has 3 rings (SSSR count). The molecule has 2 atom stereocenters. The second-order valence-corrected chi connectivity index (χ2v) is 6.72. The topological polar surface area (TPSA) is 68.5 Å². The highest BCUT2D eigenvalue weighted by atomic mass is 16.5. The monoisotopic (exact) mass is 343 g/mol. The average molecular weight is 343 g/mol. The number of nitrogens with zero attached hydrogens (tertiary/aromatic N) is 3. The molecule has 1 fully saturated rings. The highest BCUT2D eigenvalue weighted by Crippen LogP contribution is 2.29. The van der Waals surface area contributed by atoms with Gasteiger partial charge in [0.25, 0.3) is 5.89 Å². The lowest BCUT2D eigenvalue weighted by Gasteiger charge is -2.37. The summed E-state index contributed by atoms with van der Waals surface area (Å²) < 4.78 is 11.0. The molecule has 1 aromatic carbocycles. The number of ether oxygens (including phenoxy) is 1. The van der Waals surface area contributed by atoms with Gasteiger partial charge in [-0.15, -0.1) is 0 Å². The Bertz CT molecular complexity index is 756. The van der Waals surface area contributed by atoms with E-state index in [-0.39, 0.29) is 18.1 Å². The molecule has 0 aliphatic carbocycles. The number of aryl methyl sites for hydroxylation is 4. The van der Waals surface area contributed by atoms with E-state index in [9.17, 15) is 4.79 Å². The molecule has 0 radical (unpaired) electrons. The van der Waals surface area contributed by atoms with Crippen molar-refractivity contribution >= 4 is 5.91 Å². The zero-order valence-electron chi connectivity index (χ0n) is 15.3. The van der Waals surface area contributed by atoms with Gasteiger partial charge in [-0.3, -0.25) is 4.79 Å². The van der Waals surface area contributed by atoms with Crippen LogP contribution in [0.15, 0.2) is 22.7 Å². The van der Waals surface area contributed by atoms with Crippen LogP contribution in [-0.2, 0) is 16.0 Å². The van der Waals surface area contributed by atoms with Gasteiger partial charge in [0.1, 0.15) is 6.04 Å². The van der Waals surface area contributed by atoms with Gasteiger partial charge in [0.05, 0.1) is 12.7 Å². The van der Waals surface area contributed by atoms with Crippen LogP contribution in [0.3, 0.4) is 0 Å². The molecule has 1 aromatic heterocycles. The lowest BCUT2D eigenvalue weighted by Crippen LogP contribution is -2.47. The minimum atomic E-state index is -0.318. The Hall–Kier alpha value is -2.21. The lowest BCUT2D eigenvalue weighted by molar-refractivity contribution is -0.147. The van der Waals surface area contributed by atoms with Gasteiger partial charge in [0.15, 0.2) is 5.82 Å². The zero-order valence-corrected chi connectivity index (χ0v) is 15.3. The first-order chi connectivity index (χ1) is 12.0. The third-order valence-electron chi connectivity index (χ3n) is 4.72. The lowest BCUT2D eigenvalue weighted by atomic mass is 10.0. The zero-order chi connectivity index (χ0) is 18.0. The summed E-state index contributed by atoms with van der Waals surface area (Å²) in [6.45, 7) is 8.95. The van der Waals surface area contributed by atoms with Crippen LogP contribution in [0, 0.1) is 20.8 Å². The number of hydrogen-bond donors (Lipinski definition) is 0. The van der Waals surface area contributed by atoms with E-state index in [1.807, 2.05) is 11.8 Å². The average Bonchev–Trinajstić information content (AvgIpc) is 2.99. The molecule has 0 bridgehead atoms. The molecule has 0 saturated carbocycles. The van der Waals surface area contributed by atoms with Crippen molar-refractivity contribution in [3.05, 3.63) is 46.6 Å². The quantitative estimate of drug-likeness (QED) is 0.854. The summed E-state index contributed by atoms with van der Waals surface area (Å²) in [5.74, 6) is 1.11. The fourth-order valence-corrected chi connectivity index (χ4v) is 3.38. The van der Waals surface area contributed by atoms with Crippen molar-refractivity contribution in [1.29, 1.82) is 0 Å². The summed E-state index contributed by atoms with van der Waals surface area (Å²) >= 11 is 0. The fourth-order valence-electron chi connectivity index (χ4n) is 3.38. The Kier molecular flexibility index (Phi) is 5.18. The second-order valence-electron chi connectivity index (χ2n) is 6.72. The highest BCUT2D eigenvalue weighted by Gasteiger charge is 2.37. The molecule has 1 amide bonds. The Morgan fingerprint density at radius 2 is 2.12 bits per heavy atom. The van der Waals surface area contributed by atoms with E-state index in [0.717, 1.165) is 6.42 Å². The van der Waals surface area contributed by atoms with E-state index < -0.39 is 0 Å². The molecule has 1 aliphatic rings. The molecule has 1 aliphatic heterocycles. The Morgan fingerprint density at radius 1 is 1.32 bits per heavy atom. The molecule has 0 spiro atoms. The van der Waals surface area contributed by atoms with Crippen molar-refractivity contribution in [1.82, 2.24) is 15.0 Å². The molecule has 0 N–H and O–H groups in total. The van der Waals surface area contributed by atoms with E-state index in [0.29, 0.717) is 31.3 Å². The standard InChI is InChI=1S/C19H25N3O3/c1-12-5-6-16(13(2)11-12)7-8-17(23)22-9-10-24-14(3)18(22)19-20-15(4)21-25-19/h5-6,11,14,18H,7-10H2,1-4H3/t14-,18+/m1/s1. The van der Waals surface area contributed by atoms with Crippen LogP contribution in [0.25, 0.3) is 0 Å². The Morgan fingerprint density at radius 3 is 2.80 bits per heavy atom. The van der Waals surface area contributed by atoms with Crippen LogP contribution < -0.4 is 0 Å². The van der Waals surface area contributed by atoms with Gasteiger partial charge in [-0.25, -0.2) is 0 Å². The minimum absolute atomic E-state index is 0.0935. The van der Waals surface area contributed by atoms with Crippen LogP contribution >= 0.6 is 0 Å². The maximum absolute atomic E-state index is 12.9. The van der Waals surface area contributed by atoms with E-state index in [2.05, 4.69) is 42.2 Å². The summed E-state index contributed by atoms with van der Waals surface area (Å²) in [6.07, 6.45) is 1.02. The minimum Gasteiger partial charge on any atom is -0.374 e. The molecular formula is C19H25N3O3. The fraction of sp³-hybridized carbons (Fsp3) is 0.526. The summed E-state index contributed by atoms with van der Waals surface area (Å²) in [4.78, 5) is 19.0. The largest absolute Gasteiger partial charge is 0.374 e. The number of hydrogen-bond acceptors (Lipinski definition) is 5. The van der Waals surface area contributed by atoms with Gasteiger partial charge >= 0.3 is 0 Å². The van der Waals surface area contributed by atoms with Crippen molar-refractivity contribution in [2.24, 2.45) is 0 Å². The smallest absolute Gasteiger partial charge is 0.252 e. The van der Waals surface area contributed by atoms with E-state index in [4.69, 9.17) is 9.26 Å². The van der Waals surface area contributed by atoms with Gasteiger partial charge < -0.3 is 14.2 Å². The number of morpholine rings is 1. The van der Waals surface area contributed by atoms with E-state index in [1.165, 1.54) is 16.7 Å². The molecule has 1 saturated heterocycles. The molecule has 6 heteroatoms. The summed E-state index contributed by atoms with van der Waals surface area (Å²) in [7, 11) is 0. The number of amides is 1. The third kappa shape index (κ3) is 3.90. The Labute approximate surface area is 148 Å². The predicted molar refractivity (Wildman–Crippen MR) is 93.1 cm³/mol. The Balaban J connectivity index is 1.72. The molecule has 25 heavy (non-hydrogen) atoms. The first-order valence-electron chi connectivity index (χ1n) is 8.73. The van der Waals surface area contributed by atoms with Crippen LogP contribution in [0.2, 0.25) is 0 Å². The summed E-state index contributed by atoms with van der Waals surface area (Å²) in [5.41, 5.74) is 3.68. The molecule has 2 aromatic rings.